The van der Waals surface area contributed by atoms with Gasteiger partial charge >= 0.3 is 0 Å². The van der Waals surface area contributed by atoms with Gasteiger partial charge in [-0.1, -0.05) is 20.8 Å². The summed E-state index contributed by atoms with van der Waals surface area (Å²) in [5, 5.41) is 0.629. The highest BCUT2D eigenvalue weighted by molar-refractivity contribution is 5.98. The Kier molecular flexibility index (Phi) is 3.01. The summed E-state index contributed by atoms with van der Waals surface area (Å²) in [6.07, 6.45) is 0. The molecule has 90 valence electrons. The molecule has 0 bridgehead atoms. The van der Waals surface area contributed by atoms with Crippen molar-refractivity contribution in [3.05, 3.63) is 35.8 Å². The predicted octanol–water partition coefficient (Wildman–Crippen LogP) is 4.05. The van der Waals surface area contributed by atoms with Crippen LogP contribution >= 0.6 is 0 Å². The minimum atomic E-state index is -0.325. The molecule has 1 heterocycles. The van der Waals surface area contributed by atoms with Crippen LogP contribution in [-0.4, -0.2) is 5.78 Å². The summed E-state index contributed by atoms with van der Waals surface area (Å²) in [4.78, 5) is 12.1. The zero-order chi connectivity index (χ0) is 12.6. The summed E-state index contributed by atoms with van der Waals surface area (Å²) >= 11 is 0. The zero-order valence-corrected chi connectivity index (χ0v) is 10.2. The van der Waals surface area contributed by atoms with Gasteiger partial charge in [0.25, 0.3) is 0 Å². The predicted molar refractivity (Wildman–Crippen MR) is 64.5 cm³/mol. The average Bonchev–Trinajstić information content (AvgIpc) is 2.69. The molecule has 17 heavy (non-hydrogen) atoms. The number of rotatable bonds is 3. The fourth-order valence-electron chi connectivity index (χ4n) is 1.66. The molecule has 1 unspecified atom stereocenters. The molecule has 0 spiro atoms. The van der Waals surface area contributed by atoms with Crippen molar-refractivity contribution in [1.29, 1.82) is 0 Å². The van der Waals surface area contributed by atoms with Gasteiger partial charge in [0.2, 0.25) is 5.78 Å². The summed E-state index contributed by atoms with van der Waals surface area (Å²) in [6, 6.07) is 5.85. The third-order valence-electron chi connectivity index (χ3n) is 3.13. The molecule has 0 N–H and O–H groups in total. The number of halogens is 1. The highest BCUT2D eigenvalue weighted by Gasteiger charge is 2.21. The molecule has 0 amide bonds. The number of hydrogen-bond donors (Lipinski definition) is 0. The molecule has 2 rings (SSSR count). The van der Waals surface area contributed by atoms with Crippen LogP contribution in [0.3, 0.4) is 0 Å². The van der Waals surface area contributed by atoms with Crippen molar-refractivity contribution in [2.24, 2.45) is 11.8 Å². The van der Waals surface area contributed by atoms with Gasteiger partial charge in [-0.3, -0.25) is 4.79 Å². The van der Waals surface area contributed by atoms with Crippen molar-refractivity contribution in [3.8, 4) is 0 Å². The van der Waals surface area contributed by atoms with Crippen LogP contribution in [-0.2, 0) is 0 Å². The van der Waals surface area contributed by atoms with E-state index in [0.717, 1.165) is 0 Å². The zero-order valence-electron chi connectivity index (χ0n) is 10.2. The van der Waals surface area contributed by atoms with Crippen molar-refractivity contribution in [2.45, 2.75) is 20.8 Å². The Bertz CT molecular complexity index is 554. The minimum absolute atomic E-state index is 0.0309. The standard InChI is InChI=1S/C14H15FO2/c1-8(2)9(3)14(16)13-7-10-6-11(15)4-5-12(10)17-13/h4-9H,1-3H3. The molecular formula is C14H15FO2. The van der Waals surface area contributed by atoms with Crippen LogP contribution < -0.4 is 0 Å². The largest absolute Gasteiger partial charge is 0.453 e. The monoisotopic (exact) mass is 234 g/mol. The lowest BCUT2D eigenvalue weighted by Gasteiger charge is -2.11. The first-order valence-electron chi connectivity index (χ1n) is 5.72. The minimum Gasteiger partial charge on any atom is -0.453 e. The maximum absolute atomic E-state index is 13.0. The molecule has 0 aliphatic heterocycles. The van der Waals surface area contributed by atoms with E-state index in [-0.39, 0.29) is 23.4 Å². The molecular weight excluding hydrogens is 219 g/mol. The lowest BCUT2D eigenvalue weighted by molar-refractivity contribution is 0.0873. The molecule has 0 saturated heterocycles. The summed E-state index contributed by atoms with van der Waals surface area (Å²) < 4.78 is 18.4. The maximum Gasteiger partial charge on any atom is 0.201 e. The number of ketones is 1. The molecule has 1 aromatic carbocycles. The van der Waals surface area contributed by atoms with E-state index < -0.39 is 0 Å². The van der Waals surface area contributed by atoms with Gasteiger partial charge < -0.3 is 4.42 Å². The summed E-state index contributed by atoms with van der Waals surface area (Å²) in [5.41, 5.74) is 0.547. The van der Waals surface area contributed by atoms with Gasteiger partial charge in [-0.15, -0.1) is 0 Å². The second kappa shape index (κ2) is 4.32. The molecule has 1 aromatic heterocycles. The van der Waals surface area contributed by atoms with Crippen molar-refractivity contribution < 1.29 is 13.6 Å². The Morgan fingerprint density at radius 2 is 1.94 bits per heavy atom. The van der Waals surface area contributed by atoms with E-state index in [1.54, 1.807) is 12.1 Å². The first-order valence-corrected chi connectivity index (χ1v) is 5.72. The molecule has 0 aliphatic carbocycles. The van der Waals surface area contributed by atoms with Crippen molar-refractivity contribution in [1.82, 2.24) is 0 Å². The van der Waals surface area contributed by atoms with Crippen LogP contribution in [0.25, 0.3) is 11.0 Å². The molecule has 2 nitrogen and oxygen atoms in total. The third-order valence-corrected chi connectivity index (χ3v) is 3.13. The summed E-state index contributed by atoms with van der Waals surface area (Å²) in [7, 11) is 0. The average molecular weight is 234 g/mol. The summed E-state index contributed by atoms with van der Waals surface area (Å²) in [5.74, 6) is 0.116. The summed E-state index contributed by atoms with van der Waals surface area (Å²) in [6.45, 7) is 5.86. The van der Waals surface area contributed by atoms with E-state index in [1.807, 2.05) is 20.8 Å². The Morgan fingerprint density at radius 3 is 2.59 bits per heavy atom. The highest BCUT2D eigenvalue weighted by atomic mass is 19.1. The molecule has 2 aromatic rings. The molecule has 0 saturated carbocycles. The van der Waals surface area contributed by atoms with Gasteiger partial charge in [-0.25, -0.2) is 4.39 Å². The first-order chi connectivity index (χ1) is 7.99. The van der Waals surface area contributed by atoms with E-state index in [0.29, 0.717) is 16.7 Å². The molecule has 0 aliphatic rings. The van der Waals surface area contributed by atoms with Crippen molar-refractivity contribution in [3.63, 3.8) is 0 Å². The Hall–Kier alpha value is -1.64. The molecule has 0 fully saturated rings. The van der Waals surface area contributed by atoms with Gasteiger partial charge in [0.05, 0.1) is 0 Å². The van der Waals surface area contributed by atoms with Crippen LogP contribution in [0.5, 0.6) is 0 Å². The fraction of sp³-hybridized carbons (Fsp3) is 0.357. The van der Waals surface area contributed by atoms with Crippen LogP contribution in [0.2, 0.25) is 0 Å². The van der Waals surface area contributed by atoms with Gasteiger partial charge in [-0.05, 0) is 30.2 Å². The maximum atomic E-state index is 13.0. The van der Waals surface area contributed by atoms with Gasteiger partial charge in [-0.2, -0.15) is 0 Å². The molecule has 0 radical (unpaired) electrons. The number of hydrogen-bond acceptors (Lipinski definition) is 2. The van der Waals surface area contributed by atoms with Crippen LogP contribution in [0, 0.1) is 17.7 Å². The van der Waals surface area contributed by atoms with Gasteiger partial charge in [0.1, 0.15) is 11.4 Å². The van der Waals surface area contributed by atoms with E-state index >= 15 is 0 Å². The Morgan fingerprint density at radius 1 is 1.24 bits per heavy atom. The number of benzene rings is 1. The second-order valence-electron chi connectivity index (χ2n) is 4.69. The SMILES string of the molecule is CC(C)C(C)C(=O)c1cc2cc(F)ccc2o1. The Labute approximate surface area is 99.4 Å². The number of carbonyl (C=O) groups excluding carboxylic acids is 1. The highest BCUT2D eigenvalue weighted by Crippen LogP contribution is 2.24. The van der Waals surface area contributed by atoms with Crippen LogP contribution in [0.4, 0.5) is 4.39 Å². The smallest absolute Gasteiger partial charge is 0.201 e. The Balaban J connectivity index is 2.40. The number of fused-ring (bicyclic) bond motifs is 1. The van der Waals surface area contributed by atoms with Gasteiger partial charge in [0, 0.05) is 11.3 Å². The quantitative estimate of drug-likeness (QED) is 0.750. The second-order valence-corrected chi connectivity index (χ2v) is 4.69. The van der Waals surface area contributed by atoms with Crippen LogP contribution in [0.15, 0.2) is 28.7 Å². The fourth-order valence-corrected chi connectivity index (χ4v) is 1.66. The normalized spacial score (nSPS) is 13.2. The van der Waals surface area contributed by atoms with E-state index in [9.17, 15) is 9.18 Å². The lowest BCUT2D eigenvalue weighted by Crippen LogP contribution is -2.16. The first kappa shape index (κ1) is 11.8. The third kappa shape index (κ3) is 2.23. The number of carbonyl (C=O) groups is 1. The van der Waals surface area contributed by atoms with Crippen LogP contribution in [0.1, 0.15) is 31.3 Å². The molecule has 3 heteroatoms. The van der Waals surface area contributed by atoms with E-state index in [2.05, 4.69) is 0 Å². The van der Waals surface area contributed by atoms with E-state index in [1.165, 1.54) is 12.1 Å². The van der Waals surface area contributed by atoms with Crippen molar-refractivity contribution in [2.75, 3.05) is 0 Å². The van der Waals surface area contributed by atoms with Gasteiger partial charge in [0.15, 0.2) is 5.76 Å². The number of Topliss-reactive ketones (excluding diaryl/α,β-unsaturated/α-hetero) is 1. The number of furan rings is 1. The molecule has 1 atom stereocenters. The topological polar surface area (TPSA) is 30.2 Å². The van der Waals surface area contributed by atoms with Crippen molar-refractivity contribution >= 4 is 16.8 Å². The van der Waals surface area contributed by atoms with E-state index in [4.69, 9.17) is 4.42 Å². The lowest BCUT2D eigenvalue weighted by atomic mass is 9.92.